The summed E-state index contributed by atoms with van der Waals surface area (Å²) in [6.45, 7) is 6.74. The zero-order valence-corrected chi connectivity index (χ0v) is 12.8. The smallest absolute Gasteiger partial charge is 0.333 e. The molecule has 3 nitrogen and oxygen atoms in total. The quantitative estimate of drug-likeness (QED) is 0.672. The van der Waals surface area contributed by atoms with Gasteiger partial charge in [-0.25, -0.2) is 4.79 Å². The lowest BCUT2D eigenvalue weighted by molar-refractivity contribution is -0.150. The van der Waals surface area contributed by atoms with Crippen LogP contribution in [0.4, 0.5) is 0 Å². The summed E-state index contributed by atoms with van der Waals surface area (Å²) in [5.41, 5.74) is 3.25. The van der Waals surface area contributed by atoms with Crippen LogP contribution in [0.5, 0.6) is 0 Å². The topological polar surface area (TPSA) is 46.5 Å². The molecule has 0 aliphatic rings. The lowest BCUT2D eigenvalue weighted by Gasteiger charge is -2.21. The Morgan fingerprint density at radius 2 is 1.59 bits per heavy atom. The fourth-order valence-electron chi connectivity index (χ4n) is 2.16. The molecular formula is C19H20O3. The van der Waals surface area contributed by atoms with Crippen molar-refractivity contribution < 1.29 is 14.6 Å². The average molecular weight is 296 g/mol. The number of esters is 1. The molecule has 0 heterocycles. The van der Waals surface area contributed by atoms with Crippen LogP contribution in [0.2, 0.25) is 0 Å². The molecule has 0 radical (unpaired) electrons. The van der Waals surface area contributed by atoms with Gasteiger partial charge in [0.1, 0.15) is 0 Å². The van der Waals surface area contributed by atoms with Crippen LogP contribution in [0, 0.1) is 0 Å². The van der Waals surface area contributed by atoms with Gasteiger partial charge in [-0.1, -0.05) is 61.2 Å². The van der Waals surface area contributed by atoms with Crippen molar-refractivity contribution in [3.05, 3.63) is 72.3 Å². The van der Waals surface area contributed by atoms with E-state index in [-0.39, 0.29) is 0 Å². The van der Waals surface area contributed by atoms with E-state index in [2.05, 4.69) is 6.58 Å². The lowest BCUT2D eigenvalue weighted by Crippen LogP contribution is -2.21. The molecule has 2 aromatic carbocycles. The summed E-state index contributed by atoms with van der Waals surface area (Å²) in [6, 6.07) is 17.6. The fourth-order valence-corrected chi connectivity index (χ4v) is 2.16. The van der Waals surface area contributed by atoms with Crippen molar-refractivity contribution >= 4 is 5.97 Å². The molecule has 0 aliphatic carbocycles. The first-order valence-electron chi connectivity index (χ1n) is 7.19. The van der Waals surface area contributed by atoms with E-state index in [1.807, 2.05) is 54.6 Å². The van der Waals surface area contributed by atoms with E-state index < -0.39 is 18.2 Å². The third kappa shape index (κ3) is 3.83. The van der Waals surface area contributed by atoms with Crippen LogP contribution in [-0.4, -0.2) is 17.2 Å². The molecule has 22 heavy (non-hydrogen) atoms. The molecule has 2 rings (SSSR count). The van der Waals surface area contributed by atoms with Crippen molar-refractivity contribution in [2.24, 2.45) is 0 Å². The number of ether oxygens (including phenoxy) is 1. The van der Waals surface area contributed by atoms with Gasteiger partial charge in [0.05, 0.1) is 6.10 Å². The molecule has 114 valence electrons. The molecule has 1 N–H and O–H groups in total. The van der Waals surface area contributed by atoms with Crippen molar-refractivity contribution in [2.75, 3.05) is 0 Å². The van der Waals surface area contributed by atoms with E-state index >= 15 is 0 Å². The first-order chi connectivity index (χ1) is 10.5. The monoisotopic (exact) mass is 296 g/mol. The van der Waals surface area contributed by atoms with Gasteiger partial charge in [-0.3, -0.25) is 0 Å². The second-order valence-corrected chi connectivity index (χ2v) is 5.33. The van der Waals surface area contributed by atoms with E-state index in [4.69, 9.17) is 4.74 Å². The van der Waals surface area contributed by atoms with Crippen LogP contribution in [0.3, 0.4) is 0 Å². The number of carbonyl (C=O) groups excluding carboxylic acids is 1. The summed E-state index contributed by atoms with van der Waals surface area (Å²) >= 11 is 0. The van der Waals surface area contributed by atoms with Gasteiger partial charge in [-0.2, -0.15) is 0 Å². The van der Waals surface area contributed by atoms with Crippen LogP contribution in [0.15, 0.2) is 66.7 Å². The number of benzene rings is 2. The Kier molecular flexibility index (Phi) is 5.12. The molecule has 0 amide bonds. The SMILES string of the molecule is C=C(C)C(=O)OC(c1ccc(-c2ccccc2)cc1)C(C)O. The number of hydrogen-bond acceptors (Lipinski definition) is 3. The normalized spacial score (nSPS) is 13.2. The predicted molar refractivity (Wildman–Crippen MR) is 87.2 cm³/mol. The first-order valence-corrected chi connectivity index (χ1v) is 7.19. The van der Waals surface area contributed by atoms with E-state index in [0.717, 1.165) is 16.7 Å². The molecule has 0 aliphatic heterocycles. The highest BCUT2D eigenvalue weighted by molar-refractivity contribution is 5.87. The van der Waals surface area contributed by atoms with Gasteiger partial charge in [0.2, 0.25) is 0 Å². The molecule has 0 saturated carbocycles. The predicted octanol–water partition coefficient (Wildman–Crippen LogP) is 3.89. The van der Waals surface area contributed by atoms with Gasteiger partial charge in [0.25, 0.3) is 0 Å². The van der Waals surface area contributed by atoms with Crippen LogP contribution in [0.25, 0.3) is 11.1 Å². The molecule has 0 saturated heterocycles. The summed E-state index contributed by atoms with van der Waals surface area (Å²) in [6.07, 6.45) is -1.50. The van der Waals surface area contributed by atoms with E-state index in [1.54, 1.807) is 13.8 Å². The second kappa shape index (κ2) is 7.05. The molecular weight excluding hydrogens is 276 g/mol. The Bertz CT molecular complexity index is 642. The zero-order valence-electron chi connectivity index (χ0n) is 12.8. The van der Waals surface area contributed by atoms with Crippen molar-refractivity contribution in [3.8, 4) is 11.1 Å². The van der Waals surface area contributed by atoms with Gasteiger partial charge >= 0.3 is 5.97 Å². The van der Waals surface area contributed by atoms with Gasteiger partial charge < -0.3 is 9.84 Å². The Labute approximate surface area is 130 Å². The maximum atomic E-state index is 11.7. The van der Waals surface area contributed by atoms with Gasteiger partial charge in [0, 0.05) is 5.57 Å². The summed E-state index contributed by atoms with van der Waals surface area (Å²) in [4.78, 5) is 11.7. The van der Waals surface area contributed by atoms with E-state index in [0.29, 0.717) is 5.57 Å². The number of rotatable bonds is 5. The minimum Gasteiger partial charge on any atom is -0.451 e. The molecule has 0 bridgehead atoms. The summed E-state index contributed by atoms with van der Waals surface area (Å²) in [5, 5.41) is 9.88. The average Bonchev–Trinajstić information content (AvgIpc) is 2.53. The highest BCUT2D eigenvalue weighted by atomic mass is 16.6. The van der Waals surface area contributed by atoms with Crippen LogP contribution in [-0.2, 0) is 9.53 Å². The molecule has 2 aromatic rings. The maximum Gasteiger partial charge on any atom is 0.333 e. The number of hydrogen-bond donors (Lipinski definition) is 1. The number of carbonyl (C=O) groups is 1. The Morgan fingerprint density at radius 1 is 1.05 bits per heavy atom. The Morgan fingerprint density at radius 3 is 2.09 bits per heavy atom. The summed E-state index contributed by atoms with van der Waals surface area (Å²) < 4.78 is 5.32. The lowest BCUT2D eigenvalue weighted by atomic mass is 10.00. The standard InChI is InChI=1S/C19H20O3/c1-13(2)19(21)22-18(14(3)20)17-11-9-16(10-12-17)15-7-5-4-6-8-15/h4-12,14,18,20H,1H2,2-3H3. The number of aliphatic hydroxyl groups is 1. The maximum absolute atomic E-state index is 11.7. The Balaban J connectivity index is 2.23. The first kappa shape index (κ1) is 16.0. The van der Waals surface area contributed by atoms with Gasteiger partial charge in [-0.15, -0.1) is 0 Å². The fraction of sp³-hybridized carbons (Fsp3) is 0.211. The van der Waals surface area contributed by atoms with Crippen molar-refractivity contribution in [1.82, 2.24) is 0 Å². The summed E-state index contributed by atoms with van der Waals surface area (Å²) in [5.74, 6) is -0.502. The number of aliphatic hydroxyl groups excluding tert-OH is 1. The van der Waals surface area contributed by atoms with Crippen molar-refractivity contribution in [2.45, 2.75) is 26.1 Å². The minimum atomic E-state index is -0.800. The molecule has 2 atom stereocenters. The third-order valence-corrected chi connectivity index (χ3v) is 3.37. The van der Waals surface area contributed by atoms with Crippen LogP contribution >= 0.6 is 0 Å². The van der Waals surface area contributed by atoms with Gasteiger partial charge in [0.15, 0.2) is 6.10 Å². The van der Waals surface area contributed by atoms with Crippen LogP contribution in [0.1, 0.15) is 25.5 Å². The summed E-state index contributed by atoms with van der Waals surface area (Å²) in [7, 11) is 0. The minimum absolute atomic E-state index is 0.312. The highest BCUT2D eigenvalue weighted by Crippen LogP contribution is 2.26. The Hall–Kier alpha value is -2.39. The molecule has 0 aromatic heterocycles. The largest absolute Gasteiger partial charge is 0.451 e. The zero-order chi connectivity index (χ0) is 16.1. The molecule has 2 unspecified atom stereocenters. The second-order valence-electron chi connectivity index (χ2n) is 5.33. The van der Waals surface area contributed by atoms with E-state index in [9.17, 15) is 9.90 Å². The molecule has 3 heteroatoms. The third-order valence-electron chi connectivity index (χ3n) is 3.37. The van der Waals surface area contributed by atoms with Gasteiger partial charge in [-0.05, 0) is 30.5 Å². The van der Waals surface area contributed by atoms with Crippen LogP contribution < -0.4 is 0 Å². The van der Waals surface area contributed by atoms with E-state index in [1.165, 1.54) is 0 Å². The molecule has 0 fully saturated rings. The molecule has 0 spiro atoms. The highest BCUT2D eigenvalue weighted by Gasteiger charge is 2.22. The van der Waals surface area contributed by atoms with Crippen molar-refractivity contribution in [1.29, 1.82) is 0 Å². The van der Waals surface area contributed by atoms with Crippen molar-refractivity contribution in [3.63, 3.8) is 0 Å².